The molecule has 1 aromatic carbocycles. The van der Waals surface area contributed by atoms with Crippen LogP contribution in [0.5, 0.6) is 0 Å². The van der Waals surface area contributed by atoms with Gasteiger partial charge in [-0.2, -0.15) is 0 Å². The van der Waals surface area contributed by atoms with Crippen LogP contribution in [-0.2, 0) is 4.79 Å². The number of hydrogen-bond acceptors (Lipinski definition) is 3. The highest BCUT2D eigenvalue weighted by Gasteiger charge is 2.10. The molecule has 0 aliphatic carbocycles. The summed E-state index contributed by atoms with van der Waals surface area (Å²) < 4.78 is 0. The Hall–Kier alpha value is -2.49. The van der Waals surface area contributed by atoms with Gasteiger partial charge in [-0.3, -0.25) is 0 Å². The summed E-state index contributed by atoms with van der Waals surface area (Å²) in [4.78, 5) is 18.8. The number of carboxylic acid groups (broad SMARTS) is 1. The van der Waals surface area contributed by atoms with Gasteiger partial charge < -0.3 is 5.11 Å². The van der Waals surface area contributed by atoms with Gasteiger partial charge in [0.1, 0.15) is 6.33 Å². The molecule has 0 saturated heterocycles. The third-order valence-corrected chi connectivity index (χ3v) is 2.21. The lowest BCUT2D eigenvalue weighted by atomic mass is 10.1. The van der Waals surface area contributed by atoms with Crippen LogP contribution in [0.3, 0.4) is 0 Å². The second-order valence-electron chi connectivity index (χ2n) is 3.40. The predicted molar refractivity (Wildman–Crippen MR) is 64.0 cm³/mol. The van der Waals surface area contributed by atoms with E-state index in [9.17, 15) is 4.79 Å². The summed E-state index contributed by atoms with van der Waals surface area (Å²) >= 11 is 0. The highest BCUT2D eigenvalue weighted by Crippen LogP contribution is 2.16. The van der Waals surface area contributed by atoms with Crippen LogP contribution in [0.2, 0.25) is 0 Å². The Balaban J connectivity index is 2.44. The summed E-state index contributed by atoms with van der Waals surface area (Å²) in [6.07, 6.45) is 5.93. The Labute approximate surface area is 98.3 Å². The van der Waals surface area contributed by atoms with Crippen molar-refractivity contribution in [2.45, 2.75) is 0 Å². The largest absolute Gasteiger partial charge is 0.478 e. The fraction of sp³-hybridized carbons (Fsp3) is 0. The van der Waals surface area contributed by atoms with Crippen LogP contribution in [0.1, 0.15) is 11.1 Å². The summed E-state index contributed by atoms with van der Waals surface area (Å²) in [5, 5.41) is 9.16. The van der Waals surface area contributed by atoms with Gasteiger partial charge in [-0.05, 0) is 11.6 Å². The van der Waals surface area contributed by atoms with E-state index >= 15 is 0 Å². The molecule has 0 bridgehead atoms. The quantitative estimate of drug-likeness (QED) is 0.814. The summed E-state index contributed by atoms with van der Waals surface area (Å²) in [7, 11) is 0. The minimum absolute atomic E-state index is 0.178. The predicted octanol–water partition coefficient (Wildman–Crippen LogP) is 2.10. The molecule has 0 saturated carbocycles. The van der Waals surface area contributed by atoms with Crippen LogP contribution in [0.25, 0.3) is 11.6 Å². The number of nitrogens with zero attached hydrogens (tertiary/aromatic N) is 2. The normalized spacial score (nSPS) is 11.2. The van der Waals surface area contributed by atoms with Gasteiger partial charge in [-0.1, -0.05) is 30.3 Å². The molecule has 0 atom stereocenters. The van der Waals surface area contributed by atoms with Crippen LogP contribution in [-0.4, -0.2) is 21.0 Å². The van der Waals surface area contributed by atoms with E-state index in [4.69, 9.17) is 5.11 Å². The topological polar surface area (TPSA) is 63.1 Å². The molecule has 4 nitrogen and oxygen atoms in total. The number of aliphatic carboxylic acids is 1. The molecule has 4 heteroatoms. The molecule has 84 valence electrons. The Kier molecular flexibility index (Phi) is 3.25. The van der Waals surface area contributed by atoms with E-state index in [0.29, 0.717) is 5.56 Å². The van der Waals surface area contributed by atoms with Crippen molar-refractivity contribution in [2.75, 3.05) is 0 Å². The minimum Gasteiger partial charge on any atom is -0.478 e. The average Bonchev–Trinajstić information content (AvgIpc) is 2.38. The fourth-order valence-corrected chi connectivity index (χ4v) is 1.42. The van der Waals surface area contributed by atoms with Crippen molar-refractivity contribution in [1.29, 1.82) is 0 Å². The third kappa shape index (κ3) is 2.75. The average molecular weight is 226 g/mol. The maximum absolute atomic E-state index is 11.2. The molecule has 0 spiro atoms. The molecule has 0 amide bonds. The zero-order chi connectivity index (χ0) is 12.1. The molecule has 17 heavy (non-hydrogen) atoms. The zero-order valence-corrected chi connectivity index (χ0v) is 8.95. The first-order valence-electron chi connectivity index (χ1n) is 5.03. The van der Waals surface area contributed by atoms with Crippen molar-refractivity contribution >= 4 is 17.6 Å². The van der Waals surface area contributed by atoms with E-state index in [2.05, 4.69) is 9.97 Å². The molecule has 1 heterocycles. The molecule has 1 aromatic heterocycles. The van der Waals surface area contributed by atoms with Crippen LogP contribution < -0.4 is 0 Å². The van der Waals surface area contributed by atoms with E-state index in [-0.39, 0.29) is 5.57 Å². The number of aromatic nitrogens is 2. The molecule has 1 N–H and O–H groups in total. The second kappa shape index (κ2) is 5.03. The van der Waals surface area contributed by atoms with Crippen LogP contribution in [0.4, 0.5) is 0 Å². The SMILES string of the molecule is O=C(O)C(=Cc1ccccc1)c1cncnc1. The van der Waals surface area contributed by atoms with E-state index in [0.717, 1.165) is 5.56 Å². The van der Waals surface area contributed by atoms with Gasteiger partial charge in [0.25, 0.3) is 0 Å². The number of benzene rings is 1. The van der Waals surface area contributed by atoms with Gasteiger partial charge in [-0.15, -0.1) is 0 Å². The van der Waals surface area contributed by atoms with Crippen molar-refractivity contribution in [1.82, 2.24) is 9.97 Å². The molecule has 0 aliphatic heterocycles. The molecule has 0 fully saturated rings. The maximum Gasteiger partial charge on any atom is 0.336 e. The second-order valence-corrected chi connectivity index (χ2v) is 3.40. The Bertz CT molecular complexity index is 536. The number of hydrogen-bond donors (Lipinski definition) is 1. The molecule has 0 unspecified atom stereocenters. The highest BCUT2D eigenvalue weighted by molar-refractivity contribution is 6.20. The molecule has 2 aromatic rings. The first kappa shape index (κ1) is 11.0. The summed E-state index contributed by atoms with van der Waals surface area (Å²) in [5.74, 6) is -0.997. The third-order valence-electron chi connectivity index (χ3n) is 2.21. The first-order valence-corrected chi connectivity index (χ1v) is 5.03. The van der Waals surface area contributed by atoms with Crippen LogP contribution in [0.15, 0.2) is 49.1 Å². The highest BCUT2D eigenvalue weighted by atomic mass is 16.4. The number of carbonyl (C=O) groups is 1. The van der Waals surface area contributed by atoms with Gasteiger partial charge >= 0.3 is 5.97 Å². The van der Waals surface area contributed by atoms with E-state index in [1.54, 1.807) is 6.08 Å². The molecular formula is C13H10N2O2. The Morgan fingerprint density at radius 1 is 1.12 bits per heavy atom. The Morgan fingerprint density at radius 3 is 2.35 bits per heavy atom. The minimum atomic E-state index is -0.997. The van der Waals surface area contributed by atoms with Gasteiger partial charge in [0.15, 0.2) is 0 Å². The Morgan fingerprint density at radius 2 is 1.76 bits per heavy atom. The van der Waals surface area contributed by atoms with E-state index in [1.807, 2.05) is 30.3 Å². The lowest BCUT2D eigenvalue weighted by molar-refractivity contribution is -0.130. The van der Waals surface area contributed by atoms with E-state index in [1.165, 1.54) is 18.7 Å². The van der Waals surface area contributed by atoms with Gasteiger partial charge in [-0.25, -0.2) is 14.8 Å². The van der Waals surface area contributed by atoms with Gasteiger partial charge in [0.05, 0.1) is 5.57 Å². The summed E-state index contributed by atoms with van der Waals surface area (Å²) in [5.41, 5.74) is 1.49. The lowest BCUT2D eigenvalue weighted by Crippen LogP contribution is -2.00. The van der Waals surface area contributed by atoms with Crippen molar-refractivity contribution in [3.8, 4) is 0 Å². The smallest absolute Gasteiger partial charge is 0.336 e. The number of rotatable bonds is 3. The lowest BCUT2D eigenvalue weighted by Gasteiger charge is -2.01. The molecular weight excluding hydrogens is 216 g/mol. The number of carboxylic acids is 1. The van der Waals surface area contributed by atoms with Crippen LogP contribution >= 0.6 is 0 Å². The van der Waals surface area contributed by atoms with E-state index < -0.39 is 5.97 Å². The molecule has 2 rings (SSSR count). The fourth-order valence-electron chi connectivity index (χ4n) is 1.42. The van der Waals surface area contributed by atoms with Crippen molar-refractivity contribution in [3.63, 3.8) is 0 Å². The first-order chi connectivity index (χ1) is 8.27. The molecule has 0 aliphatic rings. The maximum atomic E-state index is 11.2. The van der Waals surface area contributed by atoms with Gasteiger partial charge in [0.2, 0.25) is 0 Å². The summed E-state index contributed by atoms with van der Waals surface area (Å²) in [6.45, 7) is 0. The summed E-state index contributed by atoms with van der Waals surface area (Å²) in [6, 6.07) is 9.27. The van der Waals surface area contributed by atoms with Gasteiger partial charge in [0, 0.05) is 18.0 Å². The van der Waals surface area contributed by atoms with Crippen molar-refractivity contribution in [3.05, 3.63) is 60.2 Å². The molecule has 0 radical (unpaired) electrons. The van der Waals surface area contributed by atoms with Crippen molar-refractivity contribution < 1.29 is 9.90 Å². The standard InChI is InChI=1S/C13H10N2O2/c16-13(17)12(11-7-14-9-15-8-11)6-10-4-2-1-3-5-10/h1-9H,(H,16,17). The van der Waals surface area contributed by atoms with Crippen molar-refractivity contribution in [2.24, 2.45) is 0 Å². The van der Waals surface area contributed by atoms with Crippen LogP contribution in [0, 0.1) is 0 Å². The zero-order valence-electron chi connectivity index (χ0n) is 8.95. The monoisotopic (exact) mass is 226 g/mol.